The van der Waals surface area contributed by atoms with Gasteiger partial charge in [0.25, 0.3) is 0 Å². The molecule has 0 aliphatic rings. The number of hydrogen-bond acceptors (Lipinski definition) is 4. The van der Waals surface area contributed by atoms with Crippen LogP contribution in [-0.2, 0) is 6.42 Å². The smallest absolute Gasteiger partial charge is 0.339 e. The zero-order chi connectivity index (χ0) is 14.4. The molecule has 0 aliphatic heterocycles. The highest BCUT2D eigenvalue weighted by atomic mass is 16.5. The van der Waals surface area contributed by atoms with Gasteiger partial charge in [-0.1, -0.05) is 6.07 Å². The Bertz CT molecular complexity index is 584. The van der Waals surface area contributed by atoms with Crippen LogP contribution >= 0.6 is 0 Å². The molecule has 0 saturated heterocycles. The van der Waals surface area contributed by atoms with Crippen molar-refractivity contribution in [3.8, 4) is 11.5 Å². The van der Waals surface area contributed by atoms with Crippen molar-refractivity contribution in [3.05, 3.63) is 53.9 Å². The number of carboxylic acid groups (broad SMARTS) is 1. The molecule has 1 aromatic heterocycles. The van der Waals surface area contributed by atoms with Crippen LogP contribution in [0, 0.1) is 0 Å². The number of aromatic nitrogens is 1. The second-order valence-corrected chi connectivity index (χ2v) is 4.09. The molecule has 0 bridgehead atoms. The molecule has 104 valence electrons. The van der Waals surface area contributed by atoms with E-state index in [4.69, 9.17) is 14.6 Å². The van der Waals surface area contributed by atoms with Gasteiger partial charge in [0, 0.05) is 24.4 Å². The van der Waals surface area contributed by atoms with Crippen LogP contribution in [0.25, 0.3) is 0 Å². The van der Waals surface area contributed by atoms with E-state index >= 15 is 0 Å². The van der Waals surface area contributed by atoms with E-state index in [1.165, 1.54) is 13.2 Å². The average molecular weight is 273 g/mol. The van der Waals surface area contributed by atoms with Crippen LogP contribution in [0.5, 0.6) is 11.5 Å². The molecule has 2 rings (SSSR count). The van der Waals surface area contributed by atoms with Crippen molar-refractivity contribution in [2.45, 2.75) is 6.42 Å². The zero-order valence-electron chi connectivity index (χ0n) is 11.1. The second kappa shape index (κ2) is 6.56. The number of pyridine rings is 1. The molecule has 5 heteroatoms. The second-order valence-electron chi connectivity index (χ2n) is 4.09. The predicted octanol–water partition coefficient (Wildman–Crippen LogP) is 2.41. The molecule has 0 fully saturated rings. The third-order valence-corrected chi connectivity index (χ3v) is 2.76. The fourth-order valence-electron chi connectivity index (χ4n) is 1.74. The number of rotatable bonds is 6. The Morgan fingerprint density at radius 1 is 1.30 bits per heavy atom. The highest BCUT2D eigenvalue weighted by Crippen LogP contribution is 2.25. The molecule has 0 unspecified atom stereocenters. The number of carboxylic acids is 1. The van der Waals surface area contributed by atoms with Crippen molar-refractivity contribution < 1.29 is 19.4 Å². The van der Waals surface area contributed by atoms with E-state index in [2.05, 4.69) is 4.98 Å². The SMILES string of the molecule is COc1ccc(C(=O)O)c(OCCc2ccccn2)c1. The van der Waals surface area contributed by atoms with Crippen LogP contribution in [0.3, 0.4) is 0 Å². The summed E-state index contributed by atoms with van der Waals surface area (Å²) >= 11 is 0. The minimum Gasteiger partial charge on any atom is -0.497 e. The molecule has 1 N–H and O–H groups in total. The van der Waals surface area contributed by atoms with Gasteiger partial charge in [-0.05, 0) is 24.3 Å². The molecule has 0 atom stereocenters. The van der Waals surface area contributed by atoms with E-state index in [1.54, 1.807) is 18.3 Å². The van der Waals surface area contributed by atoms with Gasteiger partial charge >= 0.3 is 5.97 Å². The van der Waals surface area contributed by atoms with E-state index in [1.807, 2.05) is 18.2 Å². The fourth-order valence-corrected chi connectivity index (χ4v) is 1.74. The first-order chi connectivity index (χ1) is 9.70. The molecule has 0 spiro atoms. The van der Waals surface area contributed by atoms with E-state index < -0.39 is 5.97 Å². The summed E-state index contributed by atoms with van der Waals surface area (Å²) in [5.74, 6) is -0.170. The number of methoxy groups -OCH3 is 1. The maximum absolute atomic E-state index is 11.1. The Balaban J connectivity index is 2.06. The van der Waals surface area contributed by atoms with E-state index in [9.17, 15) is 4.79 Å². The Hall–Kier alpha value is -2.56. The molecule has 0 amide bonds. The van der Waals surface area contributed by atoms with Gasteiger partial charge in [-0.2, -0.15) is 0 Å². The summed E-state index contributed by atoms with van der Waals surface area (Å²) in [6.07, 6.45) is 2.32. The summed E-state index contributed by atoms with van der Waals surface area (Å²) < 4.78 is 10.6. The van der Waals surface area contributed by atoms with Crippen molar-refractivity contribution in [2.75, 3.05) is 13.7 Å². The summed E-state index contributed by atoms with van der Waals surface area (Å²) in [6, 6.07) is 10.3. The number of benzene rings is 1. The maximum atomic E-state index is 11.1. The number of carbonyl (C=O) groups is 1. The lowest BCUT2D eigenvalue weighted by Gasteiger charge is -2.10. The van der Waals surface area contributed by atoms with E-state index in [0.717, 1.165) is 5.69 Å². The molecule has 0 radical (unpaired) electrons. The van der Waals surface area contributed by atoms with Gasteiger partial charge in [-0.3, -0.25) is 4.98 Å². The van der Waals surface area contributed by atoms with E-state index in [0.29, 0.717) is 24.5 Å². The number of ether oxygens (including phenoxy) is 2. The summed E-state index contributed by atoms with van der Waals surface area (Å²) in [5.41, 5.74) is 1.01. The lowest BCUT2D eigenvalue weighted by Crippen LogP contribution is -2.07. The molecule has 5 nitrogen and oxygen atoms in total. The van der Waals surface area contributed by atoms with Crippen LogP contribution in [0.2, 0.25) is 0 Å². The van der Waals surface area contributed by atoms with Crippen molar-refractivity contribution in [3.63, 3.8) is 0 Å². The van der Waals surface area contributed by atoms with Crippen molar-refractivity contribution in [2.24, 2.45) is 0 Å². The summed E-state index contributed by atoms with van der Waals surface area (Å²) in [7, 11) is 1.52. The topological polar surface area (TPSA) is 68.7 Å². The number of nitrogens with zero attached hydrogens (tertiary/aromatic N) is 1. The first-order valence-electron chi connectivity index (χ1n) is 6.14. The molecule has 2 aromatic rings. The standard InChI is InChI=1S/C15H15NO4/c1-19-12-5-6-13(15(17)18)14(10-12)20-9-7-11-4-2-3-8-16-11/h2-6,8,10H,7,9H2,1H3,(H,17,18). The first kappa shape index (κ1) is 13.9. The predicted molar refractivity (Wildman–Crippen MR) is 73.4 cm³/mol. The average Bonchev–Trinajstić information content (AvgIpc) is 2.48. The summed E-state index contributed by atoms with van der Waals surface area (Å²) in [6.45, 7) is 0.352. The van der Waals surface area contributed by atoms with Crippen LogP contribution < -0.4 is 9.47 Å². The van der Waals surface area contributed by atoms with Gasteiger partial charge in [0.1, 0.15) is 17.1 Å². The van der Waals surface area contributed by atoms with Crippen LogP contribution in [0.1, 0.15) is 16.1 Å². The molecular weight excluding hydrogens is 258 g/mol. The van der Waals surface area contributed by atoms with Crippen LogP contribution in [-0.4, -0.2) is 29.8 Å². The molecule has 1 aromatic carbocycles. The van der Waals surface area contributed by atoms with Gasteiger partial charge in [0.15, 0.2) is 0 Å². The molecule has 0 saturated carbocycles. The van der Waals surface area contributed by atoms with Gasteiger partial charge < -0.3 is 14.6 Å². The van der Waals surface area contributed by atoms with Crippen molar-refractivity contribution in [1.29, 1.82) is 0 Å². The highest BCUT2D eigenvalue weighted by Gasteiger charge is 2.12. The van der Waals surface area contributed by atoms with Gasteiger partial charge in [-0.25, -0.2) is 4.79 Å². The van der Waals surface area contributed by atoms with Crippen molar-refractivity contribution in [1.82, 2.24) is 4.98 Å². The van der Waals surface area contributed by atoms with Gasteiger partial charge in [0.05, 0.1) is 13.7 Å². The molecule has 20 heavy (non-hydrogen) atoms. The number of hydrogen-bond donors (Lipinski definition) is 1. The first-order valence-corrected chi connectivity index (χ1v) is 6.14. The molecular formula is C15H15NO4. The normalized spacial score (nSPS) is 10.1. The minimum absolute atomic E-state index is 0.117. The maximum Gasteiger partial charge on any atom is 0.339 e. The molecule has 0 aliphatic carbocycles. The third-order valence-electron chi connectivity index (χ3n) is 2.76. The largest absolute Gasteiger partial charge is 0.497 e. The lowest BCUT2D eigenvalue weighted by molar-refractivity contribution is 0.0692. The Kier molecular flexibility index (Phi) is 4.55. The lowest BCUT2D eigenvalue weighted by atomic mass is 10.2. The molecule has 1 heterocycles. The zero-order valence-corrected chi connectivity index (χ0v) is 11.1. The number of aromatic carboxylic acids is 1. The Labute approximate surface area is 116 Å². The Morgan fingerprint density at radius 3 is 2.80 bits per heavy atom. The van der Waals surface area contributed by atoms with Gasteiger partial charge in [-0.15, -0.1) is 0 Å². The third kappa shape index (κ3) is 3.47. The van der Waals surface area contributed by atoms with Crippen LogP contribution in [0.15, 0.2) is 42.6 Å². The van der Waals surface area contributed by atoms with Gasteiger partial charge in [0.2, 0.25) is 0 Å². The quantitative estimate of drug-likeness (QED) is 0.875. The minimum atomic E-state index is -1.03. The van der Waals surface area contributed by atoms with Crippen LogP contribution in [0.4, 0.5) is 0 Å². The summed E-state index contributed by atoms with van der Waals surface area (Å²) in [5, 5.41) is 9.11. The summed E-state index contributed by atoms with van der Waals surface area (Å²) in [4.78, 5) is 15.3. The monoisotopic (exact) mass is 273 g/mol. The Morgan fingerprint density at radius 2 is 2.15 bits per heavy atom. The van der Waals surface area contributed by atoms with Crippen molar-refractivity contribution >= 4 is 5.97 Å². The highest BCUT2D eigenvalue weighted by molar-refractivity contribution is 5.91. The van der Waals surface area contributed by atoms with E-state index in [-0.39, 0.29) is 5.56 Å². The fraction of sp³-hybridized carbons (Fsp3) is 0.200.